The molecule has 0 aliphatic heterocycles. The van der Waals surface area contributed by atoms with Gasteiger partial charge in [0.1, 0.15) is 17.2 Å². The number of hydrogen-bond acceptors (Lipinski definition) is 7. The third-order valence-electron chi connectivity index (χ3n) is 6.83. The summed E-state index contributed by atoms with van der Waals surface area (Å²) in [4.78, 5) is 0. The Morgan fingerprint density at radius 1 is 0.474 bits per heavy atom. The van der Waals surface area contributed by atoms with Crippen LogP contribution in [-0.2, 0) is 58.2 Å². The third kappa shape index (κ3) is 6.30. The number of aromatic hydroxyl groups is 3. The molecule has 3 N–H and O–H groups in total. The van der Waals surface area contributed by atoms with Crippen molar-refractivity contribution >= 4 is 0 Å². The van der Waals surface area contributed by atoms with E-state index in [4.69, 9.17) is 18.9 Å². The van der Waals surface area contributed by atoms with Crippen molar-refractivity contribution in [2.24, 2.45) is 0 Å². The van der Waals surface area contributed by atoms with E-state index in [1.54, 1.807) is 28.4 Å². The van der Waals surface area contributed by atoms with Crippen LogP contribution in [-0.4, -0.2) is 43.8 Å². The summed E-state index contributed by atoms with van der Waals surface area (Å²) >= 11 is 0. The Kier molecular flexibility index (Phi) is 10.6. The second kappa shape index (κ2) is 13.6. The normalized spacial score (nSPS) is 11.4. The van der Waals surface area contributed by atoms with Crippen LogP contribution in [0.5, 0.6) is 17.2 Å². The summed E-state index contributed by atoms with van der Waals surface area (Å²) in [5.74, 6) is 0.339. The van der Waals surface area contributed by atoms with Crippen LogP contribution < -0.4 is 0 Å². The van der Waals surface area contributed by atoms with E-state index in [2.05, 4.69) is 0 Å². The first-order chi connectivity index (χ1) is 18.3. The number of methoxy groups -OCH3 is 4. The molecule has 0 saturated heterocycles. The van der Waals surface area contributed by atoms with Crippen LogP contribution in [0.1, 0.15) is 69.8 Å². The molecule has 3 aromatic rings. The molecule has 0 unspecified atom stereocenters. The second-order valence-corrected chi connectivity index (χ2v) is 9.44. The molecule has 0 aromatic heterocycles. The Balaban J connectivity index is 2.40. The monoisotopic (exact) mass is 524 g/mol. The molecule has 0 aliphatic carbocycles. The summed E-state index contributed by atoms with van der Waals surface area (Å²) in [6.45, 7) is 4.98. The van der Waals surface area contributed by atoms with Gasteiger partial charge < -0.3 is 34.3 Å². The lowest BCUT2D eigenvalue weighted by Crippen LogP contribution is -2.10. The average molecular weight is 525 g/mol. The van der Waals surface area contributed by atoms with Gasteiger partial charge in [0, 0.05) is 56.6 Å². The number of rotatable bonds is 13. The molecule has 0 aliphatic rings. The number of phenolic OH excluding ortho intramolecular Hbond substituents is 3. The van der Waals surface area contributed by atoms with Crippen molar-refractivity contribution < 1.29 is 34.3 Å². The van der Waals surface area contributed by atoms with Crippen molar-refractivity contribution in [1.82, 2.24) is 0 Å². The quantitative estimate of drug-likeness (QED) is 0.247. The van der Waals surface area contributed by atoms with Crippen LogP contribution in [0.3, 0.4) is 0 Å². The first-order valence-corrected chi connectivity index (χ1v) is 12.8. The van der Waals surface area contributed by atoms with Crippen molar-refractivity contribution in [3.8, 4) is 17.2 Å². The zero-order valence-electron chi connectivity index (χ0n) is 23.3. The number of ether oxygens (including phenoxy) is 4. The number of phenols is 3. The molecule has 0 radical (unpaired) electrons. The topological polar surface area (TPSA) is 97.6 Å². The van der Waals surface area contributed by atoms with E-state index in [0.29, 0.717) is 40.8 Å². The van der Waals surface area contributed by atoms with Crippen LogP contribution >= 0.6 is 0 Å². The highest BCUT2D eigenvalue weighted by Gasteiger charge is 2.25. The van der Waals surface area contributed by atoms with Gasteiger partial charge in [0.05, 0.1) is 26.4 Å². The van der Waals surface area contributed by atoms with Gasteiger partial charge in [0.2, 0.25) is 0 Å². The van der Waals surface area contributed by atoms with E-state index >= 15 is 0 Å². The molecule has 0 atom stereocenters. The smallest absolute Gasteiger partial charge is 0.126 e. The van der Waals surface area contributed by atoms with Crippen molar-refractivity contribution in [3.05, 3.63) is 86.5 Å². The van der Waals surface area contributed by atoms with Crippen LogP contribution in [0, 0.1) is 0 Å². The average Bonchev–Trinajstić information content (AvgIpc) is 2.90. The van der Waals surface area contributed by atoms with Gasteiger partial charge in [-0.05, 0) is 64.9 Å². The Hall–Kier alpha value is -3.10. The molecule has 7 nitrogen and oxygen atoms in total. The van der Waals surface area contributed by atoms with Gasteiger partial charge >= 0.3 is 0 Å². The van der Waals surface area contributed by atoms with E-state index in [-0.39, 0.29) is 43.8 Å². The summed E-state index contributed by atoms with van der Waals surface area (Å²) in [5.41, 5.74) is 7.19. The minimum absolute atomic E-state index is 0.149. The first kappa shape index (κ1) is 29.5. The van der Waals surface area contributed by atoms with Crippen LogP contribution in [0.2, 0.25) is 0 Å². The largest absolute Gasteiger partial charge is 0.507 e. The third-order valence-corrected chi connectivity index (χ3v) is 6.83. The van der Waals surface area contributed by atoms with E-state index in [0.717, 1.165) is 27.8 Å². The van der Waals surface area contributed by atoms with Crippen LogP contribution in [0.15, 0.2) is 36.4 Å². The summed E-state index contributed by atoms with van der Waals surface area (Å²) < 4.78 is 21.6. The maximum atomic E-state index is 10.9. The fourth-order valence-electron chi connectivity index (χ4n) is 5.04. The highest BCUT2D eigenvalue weighted by atomic mass is 16.5. The first-order valence-electron chi connectivity index (χ1n) is 12.8. The predicted molar refractivity (Wildman–Crippen MR) is 147 cm³/mol. The second-order valence-electron chi connectivity index (χ2n) is 9.44. The summed E-state index contributed by atoms with van der Waals surface area (Å²) in [5, 5.41) is 32.6. The lowest BCUT2D eigenvalue weighted by atomic mass is 9.80. The Morgan fingerprint density at radius 2 is 0.711 bits per heavy atom. The van der Waals surface area contributed by atoms with E-state index in [1.165, 1.54) is 0 Å². The predicted octanol–water partition coefficient (Wildman–Crippen LogP) is 5.69. The minimum Gasteiger partial charge on any atom is -0.507 e. The maximum Gasteiger partial charge on any atom is 0.126 e. The lowest BCUT2D eigenvalue weighted by molar-refractivity contribution is 0.174. The number of hydrogen-bond donors (Lipinski definition) is 3. The molecule has 0 fully saturated rings. The SMILES string of the molecule is CCc1cc(C(c2cc(COC)c(O)c(COC)c2)c2cc(COC)c(O)c(COC)c2)cc(CC)c1O. The molecular weight excluding hydrogens is 484 g/mol. The minimum atomic E-state index is -0.287. The zero-order valence-corrected chi connectivity index (χ0v) is 23.3. The van der Waals surface area contributed by atoms with E-state index in [9.17, 15) is 15.3 Å². The molecule has 3 rings (SSSR count). The Labute approximate surface area is 225 Å². The molecule has 3 aromatic carbocycles. The highest BCUT2D eigenvalue weighted by Crippen LogP contribution is 2.41. The van der Waals surface area contributed by atoms with E-state index in [1.807, 2.05) is 50.2 Å². The van der Waals surface area contributed by atoms with Crippen molar-refractivity contribution in [1.29, 1.82) is 0 Å². The van der Waals surface area contributed by atoms with Crippen LogP contribution in [0.25, 0.3) is 0 Å². The molecule has 0 saturated carbocycles. The Morgan fingerprint density at radius 3 is 0.947 bits per heavy atom. The Bertz CT molecular complexity index is 1090. The summed E-state index contributed by atoms with van der Waals surface area (Å²) in [7, 11) is 6.37. The van der Waals surface area contributed by atoms with Gasteiger partial charge in [-0.25, -0.2) is 0 Å². The standard InChI is InChI=1S/C31H40O7/c1-7-19-9-21(10-20(8-2)29(19)32)28(22-11-24(15-35-3)30(33)25(12-22)16-36-4)23-13-26(17-37-5)31(34)27(14-23)18-38-6/h9-14,28,32-34H,7-8,15-18H2,1-6H3. The van der Waals surface area contributed by atoms with Gasteiger partial charge in [0.15, 0.2) is 0 Å². The van der Waals surface area contributed by atoms with Gasteiger partial charge in [-0.3, -0.25) is 0 Å². The van der Waals surface area contributed by atoms with Gasteiger partial charge in [-0.2, -0.15) is 0 Å². The molecule has 0 spiro atoms. The summed E-state index contributed by atoms with van der Waals surface area (Å²) in [6, 6.07) is 11.9. The van der Waals surface area contributed by atoms with Gasteiger partial charge in [-0.15, -0.1) is 0 Å². The molecular formula is C31H40O7. The molecule has 0 amide bonds. The number of benzene rings is 3. The maximum absolute atomic E-state index is 10.9. The molecule has 0 heterocycles. The summed E-state index contributed by atoms with van der Waals surface area (Å²) in [6.07, 6.45) is 1.36. The molecule has 7 heteroatoms. The van der Waals surface area contributed by atoms with Gasteiger partial charge in [0.25, 0.3) is 0 Å². The lowest BCUT2D eigenvalue weighted by Gasteiger charge is -2.25. The zero-order chi connectivity index (χ0) is 27.8. The molecule has 38 heavy (non-hydrogen) atoms. The molecule has 206 valence electrons. The number of aryl methyl sites for hydroxylation is 2. The fourth-order valence-corrected chi connectivity index (χ4v) is 5.04. The van der Waals surface area contributed by atoms with Crippen molar-refractivity contribution in [2.45, 2.75) is 59.0 Å². The van der Waals surface area contributed by atoms with Crippen LogP contribution in [0.4, 0.5) is 0 Å². The van der Waals surface area contributed by atoms with Crippen molar-refractivity contribution in [2.75, 3.05) is 28.4 Å². The van der Waals surface area contributed by atoms with Gasteiger partial charge in [-0.1, -0.05) is 26.0 Å². The fraction of sp³-hybridized carbons (Fsp3) is 0.419. The van der Waals surface area contributed by atoms with Crippen molar-refractivity contribution in [3.63, 3.8) is 0 Å². The van der Waals surface area contributed by atoms with E-state index < -0.39 is 0 Å². The highest BCUT2D eigenvalue weighted by molar-refractivity contribution is 5.56. The molecule has 0 bridgehead atoms.